The van der Waals surface area contributed by atoms with E-state index in [-0.39, 0.29) is 11.8 Å². The second-order valence-corrected chi connectivity index (χ2v) is 4.85. The molecule has 102 valence electrons. The fourth-order valence-corrected chi connectivity index (χ4v) is 2.46. The standard InChI is InChI=1S/C13H14F2N2OS/c1-8(16-2)11-7-19-12(17-11)9-3-5-10(6-4-9)18-13(14)15/h3-8,13,16H,1-2H3. The predicted molar refractivity (Wildman–Crippen MR) is 71.7 cm³/mol. The highest BCUT2D eigenvalue weighted by Crippen LogP contribution is 2.27. The fourth-order valence-electron chi connectivity index (χ4n) is 1.54. The Morgan fingerprint density at radius 2 is 1.95 bits per heavy atom. The Labute approximate surface area is 114 Å². The van der Waals surface area contributed by atoms with Crippen LogP contribution in [0.4, 0.5) is 8.78 Å². The van der Waals surface area contributed by atoms with Gasteiger partial charge in [0.1, 0.15) is 10.8 Å². The summed E-state index contributed by atoms with van der Waals surface area (Å²) in [4.78, 5) is 4.51. The van der Waals surface area contributed by atoms with Crippen molar-refractivity contribution in [2.24, 2.45) is 0 Å². The Bertz CT molecular complexity index is 528. The summed E-state index contributed by atoms with van der Waals surface area (Å²) in [7, 11) is 1.88. The van der Waals surface area contributed by atoms with Gasteiger partial charge < -0.3 is 10.1 Å². The first-order valence-corrected chi connectivity index (χ1v) is 6.66. The molecule has 1 heterocycles. The van der Waals surface area contributed by atoms with Crippen molar-refractivity contribution < 1.29 is 13.5 Å². The number of alkyl halides is 2. The molecule has 0 radical (unpaired) electrons. The smallest absolute Gasteiger partial charge is 0.387 e. The lowest BCUT2D eigenvalue weighted by atomic mass is 10.2. The van der Waals surface area contributed by atoms with Gasteiger partial charge in [-0.3, -0.25) is 0 Å². The summed E-state index contributed by atoms with van der Waals surface area (Å²) in [5, 5.41) is 5.97. The van der Waals surface area contributed by atoms with E-state index in [1.54, 1.807) is 12.1 Å². The maximum Gasteiger partial charge on any atom is 0.387 e. The molecule has 2 rings (SSSR count). The highest BCUT2D eigenvalue weighted by Gasteiger charge is 2.10. The number of rotatable bonds is 5. The third kappa shape index (κ3) is 3.48. The SMILES string of the molecule is CNC(C)c1csc(-c2ccc(OC(F)F)cc2)n1. The number of thiazole rings is 1. The Morgan fingerprint density at radius 3 is 2.53 bits per heavy atom. The Hall–Kier alpha value is -1.53. The molecule has 0 saturated carbocycles. The van der Waals surface area contributed by atoms with Crippen LogP contribution in [-0.2, 0) is 0 Å². The lowest BCUT2D eigenvalue weighted by Gasteiger charge is -2.05. The van der Waals surface area contributed by atoms with Gasteiger partial charge >= 0.3 is 6.61 Å². The number of ether oxygens (including phenoxy) is 1. The molecule has 1 atom stereocenters. The third-order valence-electron chi connectivity index (χ3n) is 2.73. The van der Waals surface area contributed by atoms with Crippen molar-refractivity contribution in [3.63, 3.8) is 0 Å². The van der Waals surface area contributed by atoms with Crippen LogP contribution in [0.3, 0.4) is 0 Å². The number of halogens is 2. The van der Waals surface area contributed by atoms with E-state index in [1.165, 1.54) is 23.5 Å². The molecule has 1 aromatic carbocycles. The highest BCUT2D eigenvalue weighted by atomic mass is 32.1. The van der Waals surface area contributed by atoms with E-state index in [0.29, 0.717) is 0 Å². The molecule has 6 heteroatoms. The predicted octanol–water partition coefficient (Wildman–Crippen LogP) is 3.69. The Morgan fingerprint density at radius 1 is 1.26 bits per heavy atom. The molecule has 0 aliphatic carbocycles. The molecule has 1 unspecified atom stereocenters. The molecular weight excluding hydrogens is 270 g/mol. The van der Waals surface area contributed by atoms with Gasteiger partial charge in [0, 0.05) is 17.0 Å². The van der Waals surface area contributed by atoms with Crippen LogP contribution in [0.15, 0.2) is 29.6 Å². The molecule has 19 heavy (non-hydrogen) atoms. The molecule has 2 aromatic rings. The van der Waals surface area contributed by atoms with Crippen LogP contribution in [0.2, 0.25) is 0 Å². The average molecular weight is 284 g/mol. The van der Waals surface area contributed by atoms with E-state index >= 15 is 0 Å². The molecule has 0 spiro atoms. The van der Waals surface area contributed by atoms with Gasteiger partial charge in [-0.2, -0.15) is 8.78 Å². The minimum Gasteiger partial charge on any atom is -0.435 e. The summed E-state index contributed by atoms with van der Waals surface area (Å²) in [5.41, 5.74) is 1.86. The minimum absolute atomic E-state index is 0.152. The summed E-state index contributed by atoms with van der Waals surface area (Å²) < 4.78 is 28.4. The molecular formula is C13H14F2N2OS. The quantitative estimate of drug-likeness (QED) is 0.909. The van der Waals surface area contributed by atoms with Crippen molar-refractivity contribution in [3.8, 4) is 16.3 Å². The highest BCUT2D eigenvalue weighted by molar-refractivity contribution is 7.13. The zero-order valence-corrected chi connectivity index (χ0v) is 11.4. The number of nitrogens with one attached hydrogen (secondary N) is 1. The first-order valence-electron chi connectivity index (χ1n) is 5.78. The van der Waals surface area contributed by atoms with Crippen molar-refractivity contribution in [3.05, 3.63) is 35.3 Å². The number of hydrogen-bond donors (Lipinski definition) is 1. The normalized spacial score (nSPS) is 12.7. The number of benzene rings is 1. The van der Waals surface area contributed by atoms with Crippen LogP contribution in [0.5, 0.6) is 5.75 Å². The largest absolute Gasteiger partial charge is 0.435 e. The van der Waals surface area contributed by atoms with Crippen molar-refractivity contribution in [1.82, 2.24) is 10.3 Å². The van der Waals surface area contributed by atoms with Gasteiger partial charge in [0.15, 0.2) is 0 Å². The topological polar surface area (TPSA) is 34.1 Å². The van der Waals surface area contributed by atoms with Crippen molar-refractivity contribution in [2.75, 3.05) is 7.05 Å². The fraction of sp³-hybridized carbons (Fsp3) is 0.308. The zero-order chi connectivity index (χ0) is 13.8. The summed E-state index contributed by atoms with van der Waals surface area (Å²) in [6.07, 6.45) is 0. The molecule has 0 amide bonds. The average Bonchev–Trinajstić information content (AvgIpc) is 2.87. The molecule has 0 bridgehead atoms. The van der Waals surface area contributed by atoms with Crippen LogP contribution in [0.25, 0.3) is 10.6 Å². The van der Waals surface area contributed by atoms with Gasteiger partial charge in [-0.05, 0) is 38.2 Å². The van der Waals surface area contributed by atoms with Gasteiger partial charge in [0.25, 0.3) is 0 Å². The number of aromatic nitrogens is 1. The number of nitrogens with zero attached hydrogens (tertiary/aromatic N) is 1. The molecule has 1 N–H and O–H groups in total. The monoisotopic (exact) mass is 284 g/mol. The van der Waals surface area contributed by atoms with E-state index in [4.69, 9.17) is 0 Å². The summed E-state index contributed by atoms with van der Waals surface area (Å²) in [5.74, 6) is 0.152. The van der Waals surface area contributed by atoms with Gasteiger partial charge in [-0.1, -0.05) is 0 Å². The second-order valence-electron chi connectivity index (χ2n) is 3.99. The van der Waals surface area contributed by atoms with Crippen LogP contribution in [0, 0.1) is 0 Å². The minimum atomic E-state index is -2.80. The summed E-state index contributed by atoms with van der Waals surface area (Å²) in [6.45, 7) is -0.771. The lowest BCUT2D eigenvalue weighted by molar-refractivity contribution is -0.0498. The number of hydrogen-bond acceptors (Lipinski definition) is 4. The molecule has 3 nitrogen and oxygen atoms in total. The molecule has 0 saturated heterocycles. The van der Waals surface area contributed by atoms with Crippen LogP contribution in [-0.4, -0.2) is 18.6 Å². The summed E-state index contributed by atoms with van der Waals surface area (Å²) in [6, 6.07) is 6.68. The Kier molecular flexibility index (Phi) is 4.44. The van der Waals surface area contributed by atoms with Crippen molar-refractivity contribution in [2.45, 2.75) is 19.6 Å². The third-order valence-corrected chi connectivity index (χ3v) is 3.63. The van der Waals surface area contributed by atoms with Gasteiger partial charge in [-0.15, -0.1) is 11.3 Å². The molecule has 0 aliphatic heterocycles. The first-order chi connectivity index (χ1) is 9.10. The second kappa shape index (κ2) is 6.08. The maximum atomic E-state index is 12.0. The lowest BCUT2D eigenvalue weighted by Crippen LogP contribution is -2.12. The summed E-state index contributed by atoms with van der Waals surface area (Å²) >= 11 is 1.53. The van der Waals surface area contributed by atoms with Gasteiger partial charge in [0.2, 0.25) is 0 Å². The van der Waals surface area contributed by atoms with E-state index in [2.05, 4.69) is 15.0 Å². The van der Waals surface area contributed by atoms with Crippen LogP contribution in [0.1, 0.15) is 18.7 Å². The van der Waals surface area contributed by atoms with Crippen molar-refractivity contribution in [1.29, 1.82) is 0 Å². The van der Waals surface area contributed by atoms with Gasteiger partial charge in [-0.25, -0.2) is 4.98 Å². The maximum absolute atomic E-state index is 12.0. The molecule has 0 fully saturated rings. The van der Waals surface area contributed by atoms with E-state index < -0.39 is 6.61 Å². The van der Waals surface area contributed by atoms with Gasteiger partial charge in [0.05, 0.1) is 5.69 Å². The Balaban J connectivity index is 2.15. The van der Waals surface area contributed by atoms with E-state index in [9.17, 15) is 8.78 Å². The first kappa shape index (κ1) is 13.9. The van der Waals surface area contributed by atoms with E-state index in [1.807, 2.05) is 19.4 Å². The van der Waals surface area contributed by atoms with Crippen LogP contribution < -0.4 is 10.1 Å². The van der Waals surface area contributed by atoms with Crippen LogP contribution >= 0.6 is 11.3 Å². The van der Waals surface area contributed by atoms with Crippen molar-refractivity contribution >= 4 is 11.3 Å². The molecule has 0 aliphatic rings. The molecule has 1 aromatic heterocycles. The van der Waals surface area contributed by atoms with E-state index in [0.717, 1.165) is 16.3 Å². The zero-order valence-electron chi connectivity index (χ0n) is 10.6.